The molecule has 0 aliphatic rings. The Bertz CT molecular complexity index is 923. The van der Waals surface area contributed by atoms with E-state index in [-0.39, 0.29) is 50.7 Å². The molecule has 1 nitrogen and oxygen atoms in total. The van der Waals surface area contributed by atoms with Gasteiger partial charge in [-0.2, -0.15) is 22.8 Å². The van der Waals surface area contributed by atoms with E-state index in [1.165, 1.54) is 44.4 Å². The summed E-state index contributed by atoms with van der Waals surface area (Å²) in [7, 11) is 0. The molecule has 4 aromatic rings. The average Bonchev–Trinajstić information content (AvgIpc) is 3.21. The average molecular weight is 565 g/mol. The Labute approximate surface area is 194 Å². The molecule has 1 heterocycles. The molecule has 4 heteroatoms. The van der Waals surface area contributed by atoms with Crippen molar-refractivity contribution in [2.75, 3.05) is 0 Å². The van der Waals surface area contributed by atoms with Crippen LogP contribution in [0.15, 0.2) is 60.8 Å². The zero-order chi connectivity index (χ0) is 17.3. The molecule has 4 rings (SSSR count). The second-order valence-electron chi connectivity index (χ2n) is 6.70. The Morgan fingerprint density at radius 1 is 0.926 bits per heavy atom. The summed E-state index contributed by atoms with van der Waals surface area (Å²) >= 11 is 0. The number of fused-ring (bicyclic) bond motifs is 1. The molecule has 3 aromatic carbocycles. The second-order valence-corrected chi connectivity index (χ2v) is 6.70. The fourth-order valence-corrected chi connectivity index (χ4v) is 3.10. The molecule has 0 amide bonds. The number of rotatable bonds is 1. The van der Waals surface area contributed by atoms with Gasteiger partial charge >= 0.3 is 25.8 Å². The van der Waals surface area contributed by atoms with Crippen LogP contribution < -0.4 is 24.8 Å². The van der Waals surface area contributed by atoms with Gasteiger partial charge in [0, 0.05) is 11.9 Å². The monoisotopic (exact) mass is 565 g/mol. The van der Waals surface area contributed by atoms with Crippen LogP contribution in [0.2, 0.25) is 0 Å². The van der Waals surface area contributed by atoms with Gasteiger partial charge in [-0.05, 0) is 31.2 Å². The van der Waals surface area contributed by atoms with E-state index < -0.39 is 0 Å². The first-order valence-corrected chi connectivity index (χ1v) is 8.46. The number of aryl methyl sites for hydroxylation is 4. The van der Waals surface area contributed by atoms with Crippen LogP contribution in [0.25, 0.3) is 16.5 Å². The molecule has 0 fully saturated rings. The molecule has 27 heavy (non-hydrogen) atoms. The quantitative estimate of drug-likeness (QED) is 0.232. The Kier molecular flexibility index (Phi) is 10.6. The normalized spacial score (nSPS) is 9.52. The minimum atomic E-state index is 0. The van der Waals surface area contributed by atoms with Crippen molar-refractivity contribution in [2.24, 2.45) is 0 Å². The van der Waals surface area contributed by atoms with Gasteiger partial charge in [0.1, 0.15) is 0 Å². The van der Waals surface area contributed by atoms with Gasteiger partial charge in [0.25, 0.3) is 0 Å². The predicted octanol–water partition coefficient (Wildman–Crippen LogP) is 0.303. The molecular formula is C23H25Cl2HfN. The molecule has 0 aliphatic heterocycles. The molecule has 0 saturated carbocycles. The van der Waals surface area contributed by atoms with Gasteiger partial charge in [-0.1, -0.05) is 26.8 Å². The van der Waals surface area contributed by atoms with Crippen LogP contribution >= 0.6 is 0 Å². The number of benzene rings is 1. The fourth-order valence-electron chi connectivity index (χ4n) is 3.10. The summed E-state index contributed by atoms with van der Waals surface area (Å²) in [6.45, 7) is 10.7. The maximum absolute atomic E-state index is 2.25. The van der Waals surface area contributed by atoms with Crippen LogP contribution in [0.4, 0.5) is 0 Å². The molecule has 0 atom stereocenters. The van der Waals surface area contributed by atoms with E-state index in [0.717, 1.165) is 0 Å². The number of aromatic nitrogens is 1. The zero-order valence-corrected chi connectivity index (χ0v) is 21.6. The molecule has 140 valence electrons. The van der Waals surface area contributed by atoms with Gasteiger partial charge in [-0.15, -0.1) is 41.1 Å². The molecule has 0 saturated heterocycles. The largest absolute Gasteiger partial charge is 4.00 e. The van der Waals surface area contributed by atoms with Gasteiger partial charge in [-0.25, -0.2) is 6.07 Å². The van der Waals surface area contributed by atoms with Crippen molar-refractivity contribution >= 4 is 10.8 Å². The van der Waals surface area contributed by atoms with Crippen molar-refractivity contribution in [1.82, 2.24) is 4.57 Å². The van der Waals surface area contributed by atoms with Crippen LogP contribution in [0.1, 0.15) is 27.9 Å². The number of nitrogens with zero attached hydrogens (tertiary/aromatic N) is 1. The Morgan fingerprint density at radius 3 is 2.04 bits per heavy atom. The summed E-state index contributed by atoms with van der Waals surface area (Å²) in [5.41, 5.74) is 8.09. The minimum absolute atomic E-state index is 0. The first-order chi connectivity index (χ1) is 11.5. The van der Waals surface area contributed by atoms with Crippen LogP contribution in [-0.2, 0) is 25.8 Å². The Morgan fingerprint density at radius 2 is 1.59 bits per heavy atom. The van der Waals surface area contributed by atoms with E-state index in [0.29, 0.717) is 0 Å². The van der Waals surface area contributed by atoms with E-state index in [9.17, 15) is 0 Å². The van der Waals surface area contributed by atoms with Crippen LogP contribution in [-0.4, -0.2) is 4.57 Å². The summed E-state index contributed by atoms with van der Waals surface area (Å²) in [4.78, 5) is 0. The molecule has 0 N–H and O–H groups in total. The van der Waals surface area contributed by atoms with Crippen molar-refractivity contribution in [2.45, 2.75) is 34.6 Å². The zero-order valence-electron chi connectivity index (χ0n) is 16.5. The van der Waals surface area contributed by atoms with E-state index in [1.807, 2.05) is 0 Å². The first-order valence-electron chi connectivity index (χ1n) is 8.46. The molecular weight excluding hydrogens is 540 g/mol. The Balaban J connectivity index is 0.000000535. The summed E-state index contributed by atoms with van der Waals surface area (Å²) in [5, 5.41) is 2.62. The topological polar surface area (TPSA) is 4.93 Å². The van der Waals surface area contributed by atoms with Gasteiger partial charge in [0.15, 0.2) is 0 Å². The first kappa shape index (κ1) is 25.9. The third kappa shape index (κ3) is 5.94. The summed E-state index contributed by atoms with van der Waals surface area (Å²) in [6.07, 6.45) is 2.18. The molecule has 0 spiro atoms. The van der Waals surface area contributed by atoms with E-state index in [2.05, 4.69) is 100.0 Å². The van der Waals surface area contributed by atoms with Crippen molar-refractivity contribution in [3.8, 4) is 5.69 Å². The van der Waals surface area contributed by atoms with E-state index in [1.54, 1.807) is 0 Å². The maximum Gasteiger partial charge on any atom is 4.00 e. The van der Waals surface area contributed by atoms with Crippen LogP contribution in [0.3, 0.4) is 0 Å². The number of hydrogen-bond acceptors (Lipinski definition) is 0. The molecule has 0 unspecified atom stereocenters. The standard InChI is InChI=1S/C15H14N.C8H11.2ClH.Hf/c1-11-7-12(2)16(10-11)15-8-13-5-3-4-6-14(13)9-15;1-6-4-5-7(2)8(6)3;;;/h3-10H,1-2H3;4-5H,1-3H3;2*1H;/q2*-1;;;+4/p-2. The van der Waals surface area contributed by atoms with Gasteiger partial charge in [0.05, 0.1) is 0 Å². The third-order valence-corrected chi connectivity index (χ3v) is 4.80. The smallest absolute Gasteiger partial charge is 1.00 e. The second kappa shape index (κ2) is 11.0. The van der Waals surface area contributed by atoms with Crippen molar-refractivity contribution in [1.29, 1.82) is 0 Å². The number of hydrogen-bond donors (Lipinski definition) is 0. The molecule has 0 bridgehead atoms. The maximum atomic E-state index is 2.25. The molecule has 1 aromatic heterocycles. The van der Waals surface area contributed by atoms with Crippen molar-refractivity contribution in [3.05, 3.63) is 88.7 Å². The van der Waals surface area contributed by atoms with Gasteiger partial charge < -0.3 is 29.4 Å². The van der Waals surface area contributed by atoms with Gasteiger partial charge in [0.2, 0.25) is 0 Å². The third-order valence-electron chi connectivity index (χ3n) is 4.80. The van der Waals surface area contributed by atoms with Crippen molar-refractivity contribution < 1.29 is 50.7 Å². The van der Waals surface area contributed by atoms with Crippen molar-refractivity contribution in [3.63, 3.8) is 0 Å². The van der Waals surface area contributed by atoms with Gasteiger partial charge in [-0.3, -0.25) is 0 Å². The minimum Gasteiger partial charge on any atom is -1.00 e. The van der Waals surface area contributed by atoms with Crippen LogP contribution in [0, 0.1) is 34.6 Å². The fraction of sp³-hybridized carbons (Fsp3) is 0.217. The Hall–Kier alpha value is -1.09. The summed E-state index contributed by atoms with van der Waals surface area (Å²) in [5.74, 6) is 0. The SMILES string of the molecule is Cc1cc(C)n(-c2cc3ccccc3[cH-]2)c1.Cc1cc[c-](C)c1C.[Cl-].[Cl-].[Hf+4]. The molecule has 0 aliphatic carbocycles. The predicted molar refractivity (Wildman–Crippen MR) is 105 cm³/mol. The molecule has 0 radical (unpaired) electrons. The summed E-state index contributed by atoms with van der Waals surface area (Å²) < 4.78 is 2.25. The van der Waals surface area contributed by atoms with Crippen LogP contribution in [0.5, 0.6) is 0 Å². The van der Waals surface area contributed by atoms with E-state index >= 15 is 0 Å². The summed E-state index contributed by atoms with van der Waals surface area (Å²) in [6, 6.07) is 19.5. The van der Waals surface area contributed by atoms with E-state index in [4.69, 9.17) is 0 Å². The number of halogens is 2.